The summed E-state index contributed by atoms with van der Waals surface area (Å²) in [4.78, 5) is 9.75. The van der Waals surface area contributed by atoms with Gasteiger partial charge in [-0.1, -0.05) is 121 Å². The van der Waals surface area contributed by atoms with E-state index in [9.17, 15) is 0 Å². The minimum atomic E-state index is -3.45. The van der Waals surface area contributed by atoms with E-state index in [1.165, 1.54) is 10.6 Å². The molecule has 0 saturated carbocycles. The lowest BCUT2D eigenvalue weighted by molar-refractivity contribution is 0.397. The van der Waals surface area contributed by atoms with E-state index >= 15 is 4.57 Å². The first kappa shape index (κ1) is 30.5. The maximum absolute atomic E-state index is 16.0. The quantitative estimate of drug-likeness (QED) is 0.179. The predicted molar refractivity (Wildman–Crippen MR) is 188 cm³/mol. The number of pyridine rings is 2. The van der Waals surface area contributed by atoms with E-state index in [1.807, 2.05) is 98.8 Å². The lowest BCUT2D eigenvalue weighted by Gasteiger charge is -2.28. The number of nitrogens with zero attached hydrogens (tertiary/aromatic N) is 2. The Morgan fingerprint density at radius 1 is 0.556 bits per heavy atom. The molecule has 5 nitrogen and oxygen atoms in total. The van der Waals surface area contributed by atoms with Gasteiger partial charge in [-0.15, -0.1) is 0 Å². The number of aromatic nitrogens is 2. The van der Waals surface area contributed by atoms with E-state index in [0.717, 1.165) is 32.7 Å². The number of ether oxygens (including phenoxy) is 2. The summed E-state index contributed by atoms with van der Waals surface area (Å²) in [6, 6.07) is 44.3. The average molecular weight is 629 g/mol. The third kappa shape index (κ3) is 5.82. The Labute approximate surface area is 266 Å². The molecule has 0 N–H and O–H groups in total. The van der Waals surface area contributed by atoms with Crippen molar-refractivity contribution in [3.8, 4) is 22.9 Å². The predicted octanol–water partition coefficient (Wildman–Crippen LogP) is 6.18. The molecule has 4 aromatic carbocycles. The normalized spacial score (nSPS) is 11.4. The van der Waals surface area contributed by atoms with E-state index < -0.39 is 15.1 Å². The molecule has 0 amide bonds. The Hall–Kier alpha value is -4.56. The third-order valence-electron chi connectivity index (χ3n) is 7.83. The zero-order chi connectivity index (χ0) is 31.4. The minimum Gasteiger partial charge on any atom is -0.481 e. The number of benzene rings is 4. The second-order valence-electron chi connectivity index (χ2n) is 10.6. The summed E-state index contributed by atoms with van der Waals surface area (Å²) in [7, 11) is -1.29. The first-order valence-corrected chi connectivity index (χ1v) is 17.7. The molecule has 7 heteroatoms. The monoisotopic (exact) mass is 628 g/mol. The summed E-state index contributed by atoms with van der Waals surface area (Å²) < 4.78 is 27.4. The van der Waals surface area contributed by atoms with Crippen molar-refractivity contribution < 1.29 is 14.0 Å². The number of rotatable bonds is 9. The molecular weight excluding hydrogens is 594 g/mol. The van der Waals surface area contributed by atoms with Crippen molar-refractivity contribution in [2.24, 2.45) is 0 Å². The van der Waals surface area contributed by atoms with Crippen LogP contribution in [0.5, 0.6) is 11.8 Å². The molecular formula is C38H34N2O3P2. The van der Waals surface area contributed by atoms with Crippen molar-refractivity contribution in [3.63, 3.8) is 0 Å². The topological polar surface area (TPSA) is 61.3 Å². The minimum absolute atomic E-state index is 0.410. The molecule has 0 unspecified atom stereocenters. The highest BCUT2D eigenvalue weighted by Crippen LogP contribution is 2.48. The maximum atomic E-state index is 16.0. The summed E-state index contributed by atoms with van der Waals surface area (Å²) in [5.41, 5.74) is 3.19. The lowest BCUT2D eigenvalue weighted by Crippen LogP contribution is -2.30. The third-order valence-corrected chi connectivity index (χ3v) is 13.4. The van der Waals surface area contributed by atoms with Crippen LogP contribution in [0, 0.1) is 13.8 Å². The summed E-state index contributed by atoms with van der Waals surface area (Å²) in [6.07, 6.45) is 0. The van der Waals surface area contributed by atoms with Crippen LogP contribution in [0.2, 0.25) is 0 Å². The molecule has 0 aliphatic carbocycles. The molecule has 0 saturated heterocycles. The molecule has 0 fully saturated rings. The Kier molecular flexibility index (Phi) is 8.94. The van der Waals surface area contributed by atoms with Crippen molar-refractivity contribution in [2.45, 2.75) is 13.8 Å². The Morgan fingerprint density at radius 3 is 1.40 bits per heavy atom. The van der Waals surface area contributed by atoms with Gasteiger partial charge in [0.2, 0.25) is 11.8 Å². The van der Waals surface area contributed by atoms with Crippen LogP contribution in [0.3, 0.4) is 0 Å². The van der Waals surface area contributed by atoms with Crippen LogP contribution >= 0.6 is 15.1 Å². The Morgan fingerprint density at radius 2 is 0.956 bits per heavy atom. The van der Waals surface area contributed by atoms with Gasteiger partial charge in [0.25, 0.3) is 0 Å². The van der Waals surface area contributed by atoms with Crippen LogP contribution in [0.4, 0.5) is 0 Å². The molecule has 45 heavy (non-hydrogen) atoms. The zero-order valence-electron chi connectivity index (χ0n) is 25.7. The first-order chi connectivity index (χ1) is 22.0. The maximum Gasteiger partial charge on any atom is 0.213 e. The first-order valence-electron chi connectivity index (χ1n) is 14.7. The van der Waals surface area contributed by atoms with Gasteiger partial charge in [-0.3, -0.25) is 0 Å². The fraction of sp³-hybridized carbons (Fsp3) is 0.105. The van der Waals surface area contributed by atoms with Crippen LogP contribution in [0.25, 0.3) is 11.1 Å². The number of hydrogen-bond acceptors (Lipinski definition) is 5. The highest BCUT2D eigenvalue weighted by molar-refractivity contribution is 7.85. The van der Waals surface area contributed by atoms with Crippen molar-refractivity contribution in [3.05, 3.63) is 145 Å². The van der Waals surface area contributed by atoms with Crippen LogP contribution in [-0.4, -0.2) is 24.2 Å². The van der Waals surface area contributed by atoms with Crippen LogP contribution < -0.4 is 41.3 Å². The van der Waals surface area contributed by atoms with Gasteiger partial charge >= 0.3 is 0 Å². The summed E-state index contributed by atoms with van der Waals surface area (Å²) in [5, 5.41) is 5.55. The molecule has 2 heterocycles. The van der Waals surface area contributed by atoms with Crippen molar-refractivity contribution in [2.75, 3.05) is 14.2 Å². The molecule has 0 bridgehead atoms. The van der Waals surface area contributed by atoms with E-state index in [2.05, 4.69) is 48.5 Å². The van der Waals surface area contributed by atoms with Gasteiger partial charge in [-0.2, -0.15) is 0 Å². The van der Waals surface area contributed by atoms with E-state index in [0.29, 0.717) is 22.8 Å². The van der Waals surface area contributed by atoms with Crippen molar-refractivity contribution in [1.29, 1.82) is 0 Å². The molecule has 0 radical (unpaired) electrons. The van der Waals surface area contributed by atoms with Gasteiger partial charge in [0.1, 0.15) is 0 Å². The van der Waals surface area contributed by atoms with Crippen LogP contribution in [0.15, 0.2) is 133 Å². The highest BCUT2D eigenvalue weighted by atomic mass is 31.2. The van der Waals surface area contributed by atoms with Gasteiger partial charge in [-0.25, -0.2) is 9.97 Å². The smallest absolute Gasteiger partial charge is 0.213 e. The highest BCUT2D eigenvalue weighted by Gasteiger charge is 2.36. The van der Waals surface area contributed by atoms with E-state index in [1.54, 1.807) is 14.2 Å². The molecule has 0 spiro atoms. The van der Waals surface area contributed by atoms with Crippen molar-refractivity contribution >= 4 is 46.9 Å². The van der Waals surface area contributed by atoms with Gasteiger partial charge < -0.3 is 14.0 Å². The second-order valence-corrected chi connectivity index (χ2v) is 15.5. The number of methoxy groups -OCH3 is 2. The summed E-state index contributed by atoms with van der Waals surface area (Å²) in [6.45, 7) is 3.96. The Bertz CT molecular complexity index is 1890. The SMILES string of the molecule is COc1cc(P(c2ccccc2)c2ccccc2)c(-c2c(P(=O)(c3ccccc3)c3ccccc3)cc(OC)nc2C)c(C)n1. The molecule has 224 valence electrons. The number of hydrogen-bond donors (Lipinski definition) is 0. The van der Waals surface area contributed by atoms with Gasteiger partial charge in [0.05, 0.1) is 19.9 Å². The van der Waals surface area contributed by atoms with Gasteiger partial charge in [0, 0.05) is 50.2 Å². The number of aryl methyl sites for hydroxylation is 2. The van der Waals surface area contributed by atoms with Crippen LogP contribution in [0.1, 0.15) is 11.4 Å². The zero-order valence-corrected chi connectivity index (χ0v) is 27.5. The van der Waals surface area contributed by atoms with Gasteiger partial charge in [-0.05, 0) is 32.4 Å². The second kappa shape index (κ2) is 13.2. The standard InChI is InChI=1S/C38H34N2O3P2/c1-27-37(33(25-35(39-27)42-3)44(29-17-9-5-10-18-29)30-19-11-6-12-20-30)38-28(2)40-36(43-4)26-34(38)45(41,31-21-13-7-14-22-31)32-23-15-8-16-24-32/h5-26H,1-4H3. The van der Waals surface area contributed by atoms with Crippen LogP contribution in [-0.2, 0) is 4.57 Å². The molecule has 2 aromatic heterocycles. The fourth-order valence-electron chi connectivity index (χ4n) is 5.79. The molecule has 0 atom stereocenters. The molecule has 0 aliphatic rings. The van der Waals surface area contributed by atoms with E-state index in [4.69, 9.17) is 19.4 Å². The van der Waals surface area contributed by atoms with Crippen molar-refractivity contribution in [1.82, 2.24) is 9.97 Å². The fourth-order valence-corrected chi connectivity index (χ4v) is 11.2. The largest absolute Gasteiger partial charge is 0.481 e. The molecule has 6 rings (SSSR count). The Balaban J connectivity index is 1.76. The molecule has 6 aromatic rings. The average Bonchev–Trinajstić information content (AvgIpc) is 3.09. The van der Waals surface area contributed by atoms with E-state index in [-0.39, 0.29) is 0 Å². The van der Waals surface area contributed by atoms with Gasteiger partial charge in [0.15, 0.2) is 7.14 Å². The summed E-state index contributed by atoms with van der Waals surface area (Å²) >= 11 is 0. The summed E-state index contributed by atoms with van der Waals surface area (Å²) in [5.74, 6) is 0.938. The lowest BCUT2D eigenvalue weighted by atomic mass is 10.0. The molecule has 0 aliphatic heterocycles.